The van der Waals surface area contributed by atoms with Gasteiger partial charge in [0.1, 0.15) is 6.67 Å². The maximum absolute atomic E-state index is 5.67. The van der Waals surface area contributed by atoms with Gasteiger partial charge >= 0.3 is 0 Å². The largest absolute Gasteiger partial charge is 0.345 e. The van der Waals surface area contributed by atoms with Gasteiger partial charge in [0, 0.05) is 19.3 Å². The maximum Gasteiger partial charge on any atom is 0.142 e. The van der Waals surface area contributed by atoms with Crippen molar-refractivity contribution in [3.05, 3.63) is 61.0 Å². The third-order valence-corrected chi connectivity index (χ3v) is 3.21. The molecule has 1 radical (unpaired) electrons. The zero-order chi connectivity index (χ0) is 13.1. The molecule has 0 amide bonds. The first-order valence-corrected chi connectivity index (χ1v) is 6.46. The molecule has 2 N–H and O–H groups in total. The monoisotopic (exact) mass is 253 g/mol. The molecular formula is C15H17N4. The van der Waals surface area contributed by atoms with E-state index in [0.29, 0.717) is 6.54 Å². The quantitative estimate of drug-likeness (QED) is 0.905. The van der Waals surface area contributed by atoms with Gasteiger partial charge in [0.15, 0.2) is 0 Å². The van der Waals surface area contributed by atoms with Gasteiger partial charge in [-0.3, -0.25) is 4.98 Å². The second kappa shape index (κ2) is 5.28. The van der Waals surface area contributed by atoms with Crippen molar-refractivity contribution >= 4 is 11.4 Å². The number of pyridine rings is 1. The van der Waals surface area contributed by atoms with E-state index >= 15 is 0 Å². The van der Waals surface area contributed by atoms with Gasteiger partial charge in [-0.2, -0.15) is 0 Å². The highest BCUT2D eigenvalue weighted by Crippen LogP contribution is 2.38. The predicted octanol–water partition coefficient (Wildman–Crippen LogP) is 1.99. The van der Waals surface area contributed by atoms with Gasteiger partial charge in [0.25, 0.3) is 0 Å². The Bertz CT molecular complexity index is 541. The van der Waals surface area contributed by atoms with E-state index in [1.54, 1.807) is 0 Å². The Balaban J connectivity index is 1.84. The van der Waals surface area contributed by atoms with Crippen molar-refractivity contribution in [1.29, 1.82) is 0 Å². The van der Waals surface area contributed by atoms with Crippen molar-refractivity contribution in [3.63, 3.8) is 0 Å². The molecule has 1 aliphatic heterocycles. The van der Waals surface area contributed by atoms with E-state index in [9.17, 15) is 0 Å². The normalized spacial score (nSPS) is 13.7. The van der Waals surface area contributed by atoms with Crippen LogP contribution in [-0.2, 0) is 6.54 Å². The van der Waals surface area contributed by atoms with Crippen LogP contribution >= 0.6 is 0 Å². The number of anilines is 2. The molecule has 1 aliphatic rings. The third-order valence-electron chi connectivity index (χ3n) is 3.21. The average Bonchev–Trinajstić information content (AvgIpc) is 2.79. The summed E-state index contributed by atoms with van der Waals surface area (Å²) in [5.74, 6) is 0. The number of para-hydroxylation sites is 2. The Hall–Kier alpha value is -2.07. The SMILES string of the molecule is NCCN1[CH]N(Cc2ccccn2)c2ccccc21. The Kier molecular flexibility index (Phi) is 3.33. The summed E-state index contributed by atoms with van der Waals surface area (Å²) < 4.78 is 0. The van der Waals surface area contributed by atoms with Gasteiger partial charge in [-0.05, 0) is 24.3 Å². The molecule has 19 heavy (non-hydrogen) atoms. The van der Waals surface area contributed by atoms with Gasteiger partial charge in [-0.15, -0.1) is 0 Å². The number of aromatic nitrogens is 1. The Morgan fingerprint density at radius 3 is 2.37 bits per heavy atom. The van der Waals surface area contributed by atoms with Crippen molar-refractivity contribution in [2.24, 2.45) is 5.73 Å². The number of benzene rings is 1. The van der Waals surface area contributed by atoms with Crippen LogP contribution in [-0.4, -0.2) is 18.1 Å². The molecule has 0 fully saturated rings. The highest BCUT2D eigenvalue weighted by atomic mass is 15.4. The topological polar surface area (TPSA) is 45.4 Å². The molecule has 0 unspecified atom stereocenters. The lowest BCUT2D eigenvalue weighted by molar-refractivity contribution is 0.824. The van der Waals surface area contributed by atoms with Gasteiger partial charge in [-0.1, -0.05) is 18.2 Å². The summed E-state index contributed by atoms with van der Waals surface area (Å²) in [5, 5.41) is 0. The predicted molar refractivity (Wildman–Crippen MR) is 77.6 cm³/mol. The highest BCUT2D eigenvalue weighted by Gasteiger charge is 2.25. The molecular weight excluding hydrogens is 236 g/mol. The Morgan fingerprint density at radius 1 is 0.947 bits per heavy atom. The van der Waals surface area contributed by atoms with Crippen LogP contribution in [0.4, 0.5) is 11.4 Å². The minimum Gasteiger partial charge on any atom is -0.345 e. The summed E-state index contributed by atoms with van der Waals surface area (Å²) >= 11 is 0. The summed E-state index contributed by atoms with van der Waals surface area (Å²) in [4.78, 5) is 8.79. The van der Waals surface area contributed by atoms with Crippen molar-refractivity contribution in [2.75, 3.05) is 22.9 Å². The van der Waals surface area contributed by atoms with E-state index in [1.807, 2.05) is 24.4 Å². The van der Waals surface area contributed by atoms with Crippen molar-refractivity contribution in [2.45, 2.75) is 6.54 Å². The third kappa shape index (κ3) is 2.39. The molecule has 3 rings (SSSR count). The van der Waals surface area contributed by atoms with Crippen LogP contribution in [0.1, 0.15) is 5.69 Å². The van der Waals surface area contributed by atoms with Crippen LogP contribution in [0.15, 0.2) is 48.7 Å². The highest BCUT2D eigenvalue weighted by molar-refractivity contribution is 5.78. The summed E-state index contributed by atoms with van der Waals surface area (Å²) in [5.41, 5.74) is 9.15. The molecule has 0 spiro atoms. The maximum atomic E-state index is 5.67. The fraction of sp³-hybridized carbons (Fsp3) is 0.200. The zero-order valence-electron chi connectivity index (χ0n) is 10.7. The molecule has 2 aromatic rings. The second-order valence-corrected chi connectivity index (χ2v) is 4.54. The number of nitrogens with two attached hydrogens (primary N) is 1. The fourth-order valence-corrected chi connectivity index (χ4v) is 2.35. The minimum atomic E-state index is 0.641. The molecule has 1 aromatic heterocycles. The molecule has 4 nitrogen and oxygen atoms in total. The number of nitrogens with zero attached hydrogens (tertiary/aromatic N) is 3. The van der Waals surface area contributed by atoms with Gasteiger partial charge in [0.2, 0.25) is 0 Å². The molecule has 0 saturated heterocycles. The summed E-state index contributed by atoms with van der Waals surface area (Å²) in [6.07, 6.45) is 1.83. The fourth-order valence-electron chi connectivity index (χ4n) is 2.35. The molecule has 0 bridgehead atoms. The number of rotatable bonds is 4. The van der Waals surface area contributed by atoms with E-state index in [0.717, 1.165) is 18.8 Å². The van der Waals surface area contributed by atoms with E-state index in [4.69, 9.17) is 5.73 Å². The lowest BCUT2D eigenvalue weighted by Gasteiger charge is -2.19. The van der Waals surface area contributed by atoms with Crippen LogP contribution < -0.4 is 15.5 Å². The van der Waals surface area contributed by atoms with Crippen molar-refractivity contribution < 1.29 is 0 Å². The first-order chi connectivity index (χ1) is 9.38. The van der Waals surface area contributed by atoms with Gasteiger partial charge < -0.3 is 15.5 Å². The number of fused-ring (bicyclic) bond motifs is 1. The Morgan fingerprint density at radius 2 is 1.68 bits per heavy atom. The lowest BCUT2D eigenvalue weighted by atomic mass is 10.2. The van der Waals surface area contributed by atoms with Crippen LogP contribution in [0.3, 0.4) is 0 Å². The molecule has 97 valence electrons. The van der Waals surface area contributed by atoms with E-state index in [2.05, 4.69) is 45.7 Å². The van der Waals surface area contributed by atoms with Crippen LogP contribution in [0, 0.1) is 6.67 Å². The van der Waals surface area contributed by atoms with E-state index in [1.165, 1.54) is 11.4 Å². The standard InChI is InChI=1S/C15H17N4/c16-8-10-18-12-19(11-13-5-3-4-9-17-13)15-7-2-1-6-14(15)18/h1-7,9,12H,8,10-11,16H2. The molecule has 0 atom stereocenters. The van der Waals surface area contributed by atoms with Gasteiger partial charge in [0.05, 0.1) is 23.6 Å². The lowest BCUT2D eigenvalue weighted by Crippen LogP contribution is -2.29. The van der Waals surface area contributed by atoms with E-state index < -0.39 is 0 Å². The van der Waals surface area contributed by atoms with Crippen molar-refractivity contribution in [3.8, 4) is 0 Å². The minimum absolute atomic E-state index is 0.641. The first-order valence-electron chi connectivity index (χ1n) is 6.46. The van der Waals surface area contributed by atoms with Gasteiger partial charge in [-0.25, -0.2) is 0 Å². The molecule has 0 saturated carbocycles. The average molecular weight is 253 g/mol. The van der Waals surface area contributed by atoms with Crippen LogP contribution in [0.25, 0.3) is 0 Å². The number of hydrogen-bond acceptors (Lipinski definition) is 4. The van der Waals surface area contributed by atoms with Crippen LogP contribution in [0.2, 0.25) is 0 Å². The smallest absolute Gasteiger partial charge is 0.142 e. The molecule has 0 aliphatic carbocycles. The second-order valence-electron chi connectivity index (χ2n) is 4.54. The molecule has 1 aromatic carbocycles. The Labute approximate surface area is 113 Å². The molecule has 4 heteroatoms. The summed E-state index contributed by atoms with van der Waals surface area (Å²) in [6, 6.07) is 14.4. The summed E-state index contributed by atoms with van der Waals surface area (Å²) in [6.45, 7) is 4.36. The van der Waals surface area contributed by atoms with E-state index in [-0.39, 0.29) is 0 Å². The zero-order valence-corrected chi connectivity index (χ0v) is 10.7. The van der Waals surface area contributed by atoms with Crippen LogP contribution in [0.5, 0.6) is 0 Å². The van der Waals surface area contributed by atoms with Crippen molar-refractivity contribution in [1.82, 2.24) is 4.98 Å². The number of hydrogen-bond donors (Lipinski definition) is 1. The summed E-state index contributed by atoms with van der Waals surface area (Å²) in [7, 11) is 0. The first kappa shape index (κ1) is 12.0. The molecule has 2 heterocycles.